The smallest absolute Gasteiger partial charge is 0.118 e. The van der Waals surface area contributed by atoms with Gasteiger partial charge < -0.3 is 15.0 Å². The number of rotatable bonds is 2. The Balaban J connectivity index is 1.89. The Morgan fingerprint density at radius 3 is 2.63 bits per heavy atom. The summed E-state index contributed by atoms with van der Waals surface area (Å²) in [5.41, 5.74) is 2.11. The molecule has 1 aliphatic heterocycles. The van der Waals surface area contributed by atoms with Crippen LogP contribution >= 0.6 is 11.8 Å². The lowest BCUT2D eigenvalue weighted by atomic mass is 10.1. The summed E-state index contributed by atoms with van der Waals surface area (Å²) in [7, 11) is 1.64. The molecule has 0 bridgehead atoms. The van der Waals surface area contributed by atoms with Gasteiger partial charge in [0.25, 0.3) is 0 Å². The van der Waals surface area contributed by atoms with Gasteiger partial charge in [0.05, 0.1) is 12.5 Å². The molecule has 3 nitrogen and oxygen atoms in total. The molecule has 0 saturated heterocycles. The molecule has 1 atom stereocenters. The van der Waals surface area contributed by atoms with Crippen LogP contribution in [0.2, 0.25) is 0 Å². The lowest BCUT2D eigenvalue weighted by Crippen LogP contribution is -2.24. The van der Waals surface area contributed by atoms with Crippen molar-refractivity contribution in [2.75, 3.05) is 7.11 Å². The molecule has 2 aromatic rings. The zero-order valence-electron chi connectivity index (χ0n) is 10.6. The largest absolute Gasteiger partial charge is 0.784 e. The van der Waals surface area contributed by atoms with E-state index in [4.69, 9.17) is 4.74 Å². The first kappa shape index (κ1) is 12.5. The average Bonchev–Trinajstić information content (AvgIpc) is 2.47. The first-order valence-electron chi connectivity index (χ1n) is 6.10. The Hall–Kier alpha value is -1.49. The summed E-state index contributed by atoms with van der Waals surface area (Å²) in [6, 6.07) is 15.8. The van der Waals surface area contributed by atoms with E-state index in [0.717, 1.165) is 21.9 Å². The number of thioether (sulfide) groups is 1. The molecular weight excluding hydrogens is 258 g/mol. The van der Waals surface area contributed by atoms with E-state index >= 15 is 0 Å². The van der Waals surface area contributed by atoms with Crippen molar-refractivity contribution >= 4 is 11.8 Å². The Morgan fingerprint density at radius 1 is 1.16 bits per heavy atom. The number of fused-ring (bicyclic) bond motifs is 1. The second-order valence-corrected chi connectivity index (χ2v) is 5.55. The van der Waals surface area contributed by atoms with E-state index in [1.54, 1.807) is 18.9 Å². The fraction of sp³-hybridized carbons (Fsp3) is 0.200. The number of benzene rings is 2. The summed E-state index contributed by atoms with van der Waals surface area (Å²) >= 11 is 1.60. The van der Waals surface area contributed by atoms with E-state index < -0.39 is 0 Å². The fourth-order valence-electron chi connectivity index (χ4n) is 2.18. The monoisotopic (exact) mass is 272 g/mol. The predicted molar refractivity (Wildman–Crippen MR) is 76.9 cm³/mol. The van der Waals surface area contributed by atoms with Crippen LogP contribution in [-0.4, -0.2) is 12.2 Å². The van der Waals surface area contributed by atoms with Crippen LogP contribution in [0.1, 0.15) is 16.5 Å². The van der Waals surface area contributed by atoms with Gasteiger partial charge in [-0.25, -0.2) is 0 Å². The van der Waals surface area contributed by atoms with Gasteiger partial charge in [-0.1, -0.05) is 30.3 Å². The molecule has 19 heavy (non-hydrogen) atoms. The quantitative estimate of drug-likeness (QED) is 0.833. The first-order chi connectivity index (χ1) is 9.28. The van der Waals surface area contributed by atoms with Crippen LogP contribution in [0, 0.1) is 5.21 Å². The van der Waals surface area contributed by atoms with Crippen LogP contribution in [0.4, 0.5) is 0 Å². The average molecular weight is 272 g/mol. The highest BCUT2D eigenvalue weighted by Crippen LogP contribution is 2.44. The maximum absolute atomic E-state index is 12.2. The van der Waals surface area contributed by atoms with Crippen LogP contribution in [0.25, 0.3) is 0 Å². The molecule has 2 aromatic carbocycles. The second kappa shape index (κ2) is 5.25. The van der Waals surface area contributed by atoms with Crippen molar-refractivity contribution in [1.29, 1.82) is 0 Å². The lowest BCUT2D eigenvalue weighted by molar-refractivity contribution is 0.343. The van der Waals surface area contributed by atoms with Gasteiger partial charge in [-0.15, -0.1) is 11.8 Å². The number of nitrogens with zero attached hydrogens (tertiary/aromatic N) is 1. The summed E-state index contributed by atoms with van der Waals surface area (Å²) in [5.74, 6) is 0.808. The molecule has 98 valence electrons. The molecule has 3 rings (SSSR count). The molecule has 0 spiro atoms. The zero-order valence-corrected chi connectivity index (χ0v) is 11.4. The summed E-state index contributed by atoms with van der Waals surface area (Å²) < 4.78 is 5.14. The van der Waals surface area contributed by atoms with Crippen molar-refractivity contribution in [2.45, 2.75) is 16.8 Å². The van der Waals surface area contributed by atoms with E-state index in [2.05, 4.69) is 6.07 Å². The zero-order chi connectivity index (χ0) is 13.2. The van der Waals surface area contributed by atoms with Crippen LogP contribution in [0.3, 0.4) is 0 Å². The van der Waals surface area contributed by atoms with E-state index in [9.17, 15) is 5.21 Å². The lowest BCUT2D eigenvalue weighted by Gasteiger charge is -2.41. The second-order valence-electron chi connectivity index (χ2n) is 4.43. The fourth-order valence-corrected chi connectivity index (χ4v) is 3.35. The van der Waals surface area contributed by atoms with Gasteiger partial charge in [-0.05, 0) is 29.3 Å². The predicted octanol–water partition coefficient (Wildman–Crippen LogP) is 3.80. The number of hydrogen-bond acceptors (Lipinski definition) is 4. The van der Waals surface area contributed by atoms with E-state index in [1.807, 2.05) is 42.5 Å². The standard InChI is InChI=1S/C15H14NO2S/c1-18-13-8-6-11(7-9-13)15-16(17)10-12-4-2-3-5-14(12)19-15/h2-9,15H,10H2,1H3/q-1. The molecule has 0 N–H and O–H groups in total. The molecule has 0 saturated carbocycles. The molecule has 0 aromatic heterocycles. The third kappa shape index (κ3) is 2.47. The number of hydroxylamine groups is 2. The van der Waals surface area contributed by atoms with Gasteiger partial charge in [0.15, 0.2) is 0 Å². The first-order valence-corrected chi connectivity index (χ1v) is 6.98. The molecule has 0 amide bonds. The molecule has 0 fully saturated rings. The van der Waals surface area contributed by atoms with Crippen molar-refractivity contribution in [1.82, 2.24) is 5.06 Å². The molecule has 4 heteroatoms. The van der Waals surface area contributed by atoms with Gasteiger partial charge >= 0.3 is 0 Å². The summed E-state index contributed by atoms with van der Waals surface area (Å²) in [4.78, 5) is 1.19. The Morgan fingerprint density at radius 2 is 1.89 bits per heavy atom. The molecule has 1 unspecified atom stereocenters. The number of methoxy groups -OCH3 is 1. The van der Waals surface area contributed by atoms with Crippen molar-refractivity contribution in [2.24, 2.45) is 0 Å². The third-order valence-corrected chi connectivity index (χ3v) is 4.58. The minimum absolute atomic E-state index is 0.180. The van der Waals surface area contributed by atoms with E-state index in [1.165, 1.54) is 4.90 Å². The Bertz CT molecular complexity index is 571. The molecule has 0 aliphatic carbocycles. The van der Waals surface area contributed by atoms with Crippen molar-refractivity contribution in [3.8, 4) is 5.75 Å². The highest BCUT2D eigenvalue weighted by Gasteiger charge is 2.22. The topological polar surface area (TPSA) is 35.5 Å². The van der Waals surface area contributed by atoms with Gasteiger partial charge in [-0.3, -0.25) is 0 Å². The molecule has 1 heterocycles. The highest BCUT2D eigenvalue weighted by molar-refractivity contribution is 7.99. The normalized spacial score (nSPS) is 18.9. The summed E-state index contributed by atoms with van der Waals surface area (Å²) in [6.07, 6.45) is 0. The van der Waals surface area contributed by atoms with Gasteiger partial charge in [0, 0.05) is 11.4 Å². The van der Waals surface area contributed by atoms with Gasteiger partial charge in [0.1, 0.15) is 5.75 Å². The minimum Gasteiger partial charge on any atom is -0.784 e. The highest BCUT2D eigenvalue weighted by atomic mass is 32.2. The van der Waals surface area contributed by atoms with Crippen LogP contribution < -0.4 is 4.74 Å². The van der Waals surface area contributed by atoms with Crippen LogP contribution in [-0.2, 0) is 6.54 Å². The van der Waals surface area contributed by atoms with E-state index in [-0.39, 0.29) is 5.37 Å². The maximum atomic E-state index is 12.2. The van der Waals surface area contributed by atoms with Crippen LogP contribution in [0.5, 0.6) is 5.75 Å². The number of hydrogen-bond donors (Lipinski definition) is 0. The molecule has 0 radical (unpaired) electrons. The Kier molecular flexibility index (Phi) is 3.46. The third-order valence-electron chi connectivity index (χ3n) is 3.20. The molecule has 1 aliphatic rings. The summed E-state index contributed by atoms with van der Waals surface area (Å²) in [5, 5.41) is 13.1. The molecular formula is C15H14NO2S-. The SMILES string of the molecule is COc1ccc(C2Sc3ccccc3CN2[O-])cc1. The van der Waals surface area contributed by atoms with Gasteiger partial charge in [-0.2, -0.15) is 0 Å². The van der Waals surface area contributed by atoms with Gasteiger partial charge in [0.2, 0.25) is 0 Å². The minimum atomic E-state index is -0.180. The number of ether oxygens (including phenoxy) is 1. The maximum Gasteiger partial charge on any atom is 0.118 e. The van der Waals surface area contributed by atoms with Crippen molar-refractivity contribution < 1.29 is 4.74 Å². The Labute approximate surface area is 116 Å². The van der Waals surface area contributed by atoms with Crippen LogP contribution in [0.15, 0.2) is 53.4 Å². The summed E-state index contributed by atoms with van der Waals surface area (Å²) in [6.45, 7) is 0.444. The van der Waals surface area contributed by atoms with Crippen molar-refractivity contribution in [3.63, 3.8) is 0 Å². The van der Waals surface area contributed by atoms with Crippen molar-refractivity contribution in [3.05, 3.63) is 64.9 Å². The van der Waals surface area contributed by atoms with E-state index in [0.29, 0.717) is 6.54 Å².